The van der Waals surface area contributed by atoms with Crippen molar-refractivity contribution in [1.29, 1.82) is 0 Å². The van der Waals surface area contributed by atoms with E-state index in [1.165, 1.54) is 0 Å². The van der Waals surface area contributed by atoms with E-state index in [2.05, 4.69) is 5.32 Å². The van der Waals surface area contributed by atoms with E-state index in [-0.39, 0.29) is 17.7 Å². The number of nitrogens with one attached hydrogen (secondary N) is 1. The van der Waals surface area contributed by atoms with Gasteiger partial charge in [-0.25, -0.2) is 0 Å². The minimum atomic E-state index is -0.179. The summed E-state index contributed by atoms with van der Waals surface area (Å²) in [6.07, 6.45) is 1.91. The van der Waals surface area contributed by atoms with Crippen molar-refractivity contribution in [3.63, 3.8) is 0 Å². The highest BCUT2D eigenvalue weighted by molar-refractivity contribution is 5.98. The van der Waals surface area contributed by atoms with E-state index < -0.39 is 0 Å². The van der Waals surface area contributed by atoms with E-state index in [9.17, 15) is 9.59 Å². The molecule has 0 saturated heterocycles. The van der Waals surface area contributed by atoms with Gasteiger partial charge in [-0.1, -0.05) is 37.3 Å². The van der Waals surface area contributed by atoms with Gasteiger partial charge in [0.25, 0.3) is 0 Å². The van der Waals surface area contributed by atoms with E-state index in [0.29, 0.717) is 26.0 Å². The quantitative estimate of drug-likeness (QED) is 0.812. The normalized spacial score (nSPS) is 14.6. The number of hydrogen-bond acceptors (Lipinski definition) is 3. The van der Waals surface area contributed by atoms with Gasteiger partial charge in [-0.05, 0) is 42.2 Å². The maximum absolute atomic E-state index is 12.8. The molecule has 1 heterocycles. The fraction of sp³-hybridized carbons (Fsp3) is 0.364. The van der Waals surface area contributed by atoms with Gasteiger partial charge in [0.05, 0.1) is 12.5 Å². The number of anilines is 2. The van der Waals surface area contributed by atoms with Gasteiger partial charge >= 0.3 is 0 Å². The van der Waals surface area contributed by atoms with Gasteiger partial charge in [-0.3, -0.25) is 9.59 Å². The smallest absolute Gasteiger partial charge is 0.231 e. The lowest BCUT2D eigenvalue weighted by Crippen LogP contribution is -2.37. The molecule has 0 bridgehead atoms. The number of rotatable bonds is 7. The molecule has 0 fully saturated rings. The Labute approximate surface area is 160 Å². The molecular formula is C22H26N2O3. The molecule has 3 rings (SSSR count). The molecule has 142 valence electrons. The lowest BCUT2D eigenvalue weighted by molar-refractivity contribution is -0.119. The highest BCUT2D eigenvalue weighted by Crippen LogP contribution is 2.31. The lowest BCUT2D eigenvalue weighted by atomic mass is 9.95. The number of aryl methyl sites for hydroxylation is 1. The Kier molecular flexibility index (Phi) is 6.24. The number of carbonyl (C=O) groups is 2. The monoisotopic (exact) mass is 366 g/mol. The van der Waals surface area contributed by atoms with Crippen LogP contribution in [0, 0.1) is 0 Å². The highest BCUT2D eigenvalue weighted by atomic mass is 16.5. The van der Waals surface area contributed by atoms with Crippen LogP contribution in [0.5, 0.6) is 0 Å². The second kappa shape index (κ2) is 8.82. The molecule has 1 aliphatic heterocycles. The van der Waals surface area contributed by atoms with Gasteiger partial charge in [0, 0.05) is 31.5 Å². The zero-order valence-corrected chi connectivity index (χ0v) is 15.9. The van der Waals surface area contributed by atoms with Crippen molar-refractivity contribution in [2.45, 2.75) is 32.1 Å². The molecule has 0 radical (unpaired) electrons. The van der Waals surface area contributed by atoms with Crippen LogP contribution in [0.1, 0.15) is 36.8 Å². The summed E-state index contributed by atoms with van der Waals surface area (Å²) in [5.41, 5.74) is 3.79. The van der Waals surface area contributed by atoms with Crippen LogP contribution < -0.4 is 10.2 Å². The molecule has 2 amide bonds. The maximum Gasteiger partial charge on any atom is 0.231 e. The number of methoxy groups -OCH3 is 1. The van der Waals surface area contributed by atoms with E-state index >= 15 is 0 Å². The van der Waals surface area contributed by atoms with Crippen molar-refractivity contribution in [2.24, 2.45) is 0 Å². The number of benzene rings is 2. The van der Waals surface area contributed by atoms with E-state index in [1.807, 2.05) is 55.5 Å². The van der Waals surface area contributed by atoms with Gasteiger partial charge in [0.1, 0.15) is 0 Å². The van der Waals surface area contributed by atoms with Gasteiger partial charge in [-0.15, -0.1) is 0 Å². The first kappa shape index (κ1) is 19.1. The minimum absolute atomic E-state index is 0.00762. The summed E-state index contributed by atoms with van der Waals surface area (Å²) in [5, 5.41) is 3.04. The van der Waals surface area contributed by atoms with E-state index in [4.69, 9.17) is 4.74 Å². The minimum Gasteiger partial charge on any atom is -0.383 e. The first-order valence-corrected chi connectivity index (χ1v) is 9.42. The molecule has 0 aliphatic carbocycles. The third-order valence-electron chi connectivity index (χ3n) is 4.99. The predicted octanol–water partition coefficient (Wildman–Crippen LogP) is 3.74. The SMILES string of the molecule is CC[C@@H](C(=O)Nc1ccc2c(c1)CCC(=O)N2CCOC)c1ccccc1. The molecule has 1 atom stereocenters. The fourth-order valence-electron chi connectivity index (χ4n) is 3.55. The van der Waals surface area contributed by atoms with Crippen LogP contribution in [-0.2, 0) is 20.7 Å². The Morgan fingerprint density at radius 2 is 1.96 bits per heavy atom. The van der Waals surface area contributed by atoms with Crippen molar-refractivity contribution in [3.05, 3.63) is 59.7 Å². The van der Waals surface area contributed by atoms with Crippen LogP contribution in [-0.4, -0.2) is 32.1 Å². The average Bonchev–Trinajstić information content (AvgIpc) is 2.69. The Balaban J connectivity index is 1.77. The number of hydrogen-bond donors (Lipinski definition) is 1. The van der Waals surface area contributed by atoms with Crippen molar-refractivity contribution >= 4 is 23.2 Å². The van der Waals surface area contributed by atoms with Gasteiger partial charge in [0.2, 0.25) is 11.8 Å². The topological polar surface area (TPSA) is 58.6 Å². The first-order chi connectivity index (χ1) is 13.1. The van der Waals surface area contributed by atoms with Crippen molar-refractivity contribution in [3.8, 4) is 0 Å². The first-order valence-electron chi connectivity index (χ1n) is 9.42. The molecule has 5 heteroatoms. The molecule has 0 unspecified atom stereocenters. The second-order valence-corrected chi connectivity index (χ2v) is 6.74. The molecular weight excluding hydrogens is 340 g/mol. The fourth-order valence-corrected chi connectivity index (χ4v) is 3.55. The molecule has 0 aromatic heterocycles. The molecule has 0 saturated carbocycles. The van der Waals surface area contributed by atoms with Crippen molar-refractivity contribution < 1.29 is 14.3 Å². The maximum atomic E-state index is 12.8. The summed E-state index contributed by atoms with van der Waals surface area (Å²) in [7, 11) is 1.63. The summed E-state index contributed by atoms with van der Waals surface area (Å²) < 4.78 is 5.11. The van der Waals surface area contributed by atoms with Gasteiger partial charge in [-0.2, -0.15) is 0 Å². The Hall–Kier alpha value is -2.66. The van der Waals surface area contributed by atoms with E-state index in [0.717, 1.165) is 28.9 Å². The second-order valence-electron chi connectivity index (χ2n) is 6.74. The van der Waals surface area contributed by atoms with Crippen LogP contribution in [0.4, 0.5) is 11.4 Å². The molecule has 2 aromatic rings. The highest BCUT2D eigenvalue weighted by Gasteiger charge is 2.25. The Bertz CT molecular complexity index is 804. The third kappa shape index (κ3) is 4.37. The summed E-state index contributed by atoms with van der Waals surface area (Å²) in [5.74, 6) is -0.0692. The van der Waals surface area contributed by atoms with Gasteiger partial charge in [0.15, 0.2) is 0 Å². The van der Waals surface area contributed by atoms with Crippen LogP contribution in [0.2, 0.25) is 0 Å². The van der Waals surface area contributed by atoms with Gasteiger partial charge < -0.3 is 15.0 Å². The molecule has 1 aliphatic rings. The van der Waals surface area contributed by atoms with Crippen molar-refractivity contribution in [1.82, 2.24) is 0 Å². The molecule has 27 heavy (non-hydrogen) atoms. The summed E-state index contributed by atoms with van der Waals surface area (Å²) in [6, 6.07) is 15.6. The standard InChI is InChI=1S/C22H26N2O3/c1-3-19(16-7-5-4-6-8-16)22(26)23-18-10-11-20-17(15-18)9-12-21(25)24(20)13-14-27-2/h4-8,10-11,15,19H,3,9,12-14H2,1-2H3,(H,23,26)/t19-/m1/s1. The Morgan fingerprint density at radius 1 is 1.19 bits per heavy atom. The summed E-state index contributed by atoms with van der Waals surface area (Å²) in [4.78, 5) is 26.8. The van der Waals surface area contributed by atoms with E-state index in [1.54, 1.807) is 12.0 Å². The van der Waals surface area contributed by atoms with Crippen LogP contribution in [0.3, 0.4) is 0 Å². The number of fused-ring (bicyclic) bond motifs is 1. The molecule has 5 nitrogen and oxygen atoms in total. The number of ether oxygens (including phenoxy) is 1. The molecule has 1 N–H and O–H groups in total. The van der Waals surface area contributed by atoms with Crippen LogP contribution in [0.25, 0.3) is 0 Å². The summed E-state index contributed by atoms with van der Waals surface area (Å²) >= 11 is 0. The van der Waals surface area contributed by atoms with Crippen LogP contribution in [0.15, 0.2) is 48.5 Å². The molecule has 0 spiro atoms. The zero-order chi connectivity index (χ0) is 19.2. The Morgan fingerprint density at radius 3 is 2.67 bits per heavy atom. The number of carbonyl (C=O) groups excluding carboxylic acids is 2. The van der Waals surface area contributed by atoms with Crippen LogP contribution >= 0.6 is 0 Å². The average molecular weight is 366 g/mol. The molecule has 2 aromatic carbocycles. The summed E-state index contributed by atoms with van der Waals surface area (Å²) in [6.45, 7) is 3.06. The lowest BCUT2D eigenvalue weighted by Gasteiger charge is -2.29. The third-order valence-corrected chi connectivity index (χ3v) is 4.99. The zero-order valence-electron chi connectivity index (χ0n) is 15.9. The predicted molar refractivity (Wildman–Crippen MR) is 107 cm³/mol. The number of nitrogens with zero attached hydrogens (tertiary/aromatic N) is 1. The van der Waals surface area contributed by atoms with Crippen molar-refractivity contribution in [2.75, 3.05) is 30.5 Å². The number of amides is 2. The largest absolute Gasteiger partial charge is 0.383 e.